The number of ether oxygens (including phenoxy) is 1. The highest BCUT2D eigenvalue weighted by Gasteiger charge is 2.25. The van der Waals surface area contributed by atoms with Gasteiger partial charge in [0.25, 0.3) is 0 Å². The quantitative estimate of drug-likeness (QED) is 0.695. The van der Waals surface area contributed by atoms with E-state index in [0.717, 1.165) is 23.3 Å². The maximum absolute atomic E-state index is 12.2. The normalized spacial score (nSPS) is 13.3. The molecule has 0 radical (unpaired) electrons. The van der Waals surface area contributed by atoms with Crippen LogP contribution < -0.4 is 5.73 Å². The van der Waals surface area contributed by atoms with Crippen LogP contribution in [0.1, 0.15) is 46.9 Å². The van der Waals surface area contributed by atoms with Gasteiger partial charge in [-0.2, -0.15) is 0 Å². The summed E-state index contributed by atoms with van der Waals surface area (Å²) in [6, 6.07) is 5.64. The molecule has 0 saturated heterocycles. The van der Waals surface area contributed by atoms with Gasteiger partial charge in [-0.05, 0) is 25.5 Å². The van der Waals surface area contributed by atoms with Gasteiger partial charge in [-0.1, -0.05) is 33.8 Å². The third-order valence-electron chi connectivity index (χ3n) is 3.68. The first-order chi connectivity index (χ1) is 10.2. The van der Waals surface area contributed by atoms with Gasteiger partial charge in [0.2, 0.25) is 0 Å². The second-order valence-electron chi connectivity index (χ2n) is 6.70. The topological polar surface area (TPSA) is 70.1 Å². The number of imidazole rings is 1. The van der Waals surface area contributed by atoms with Crippen LogP contribution in [0.2, 0.25) is 0 Å². The fourth-order valence-corrected chi connectivity index (χ4v) is 2.38. The summed E-state index contributed by atoms with van der Waals surface area (Å²) in [7, 11) is 0. The number of carbonyl (C=O) groups is 1. The number of hydrogen-bond acceptors (Lipinski definition) is 4. The van der Waals surface area contributed by atoms with Crippen LogP contribution in [0.5, 0.6) is 0 Å². The summed E-state index contributed by atoms with van der Waals surface area (Å²) >= 11 is 0. The molecule has 2 N–H and O–H groups in total. The highest BCUT2D eigenvalue weighted by Crippen LogP contribution is 2.29. The van der Waals surface area contributed by atoms with Gasteiger partial charge >= 0.3 is 5.97 Å². The summed E-state index contributed by atoms with van der Waals surface area (Å²) in [5.74, 6) is 0.586. The molecular formula is C17H25N3O2. The van der Waals surface area contributed by atoms with Gasteiger partial charge in [0, 0.05) is 5.41 Å². The summed E-state index contributed by atoms with van der Waals surface area (Å²) in [6.07, 6.45) is 0.723. The number of rotatable bonds is 4. The monoisotopic (exact) mass is 303 g/mol. The zero-order valence-electron chi connectivity index (χ0n) is 14.0. The van der Waals surface area contributed by atoms with E-state index in [4.69, 9.17) is 10.5 Å². The summed E-state index contributed by atoms with van der Waals surface area (Å²) in [5.41, 5.74) is 8.06. The molecule has 2 rings (SSSR count). The van der Waals surface area contributed by atoms with Crippen molar-refractivity contribution in [2.75, 3.05) is 5.73 Å². The number of para-hydroxylation sites is 1. The van der Waals surface area contributed by atoms with Crippen LogP contribution in [-0.2, 0) is 21.5 Å². The molecule has 22 heavy (non-hydrogen) atoms. The first kappa shape index (κ1) is 16.3. The van der Waals surface area contributed by atoms with E-state index in [1.165, 1.54) is 0 Å². The van der Waals surface area contributed by atoms with Crippen molar-refractivity contribution in [2.24, 2.45) is 0 Å². The first-order valence-electron chi connectivity index (χ1n) is 7.68. The van der Waals surface area contributed by atoms with Gasteiger partial charge in [-0.3, -0.25) is 4.79 Å². The second-order valence-corrected chi connectivity index (χ2v) is 6.70. The minimum atomic E-state index is -0.249. The van der Waals surface area contributed by atoms with Crippen LogP contribution >= 0.6 is 0 Å². The Bertz CT molecular complexity index is 683. The second kappa shape index (κ2) is 5.99. The van der Waals surface area contributed by atoms with E-state index in [9.17, 15) is 4.79 Å². The minimum Gasteiger partial charge on any atom is -0.461 e. The zero-order chi connectivity index (χ0) is 16.5. The molecule has 2 aromatic rings. The molecule has 1 unspecified atom stereocenters. The predicted octanol–water partition coefficient (Wildman–Crippen LogP) is 3.26. The first-order valence-corrected chi connectivity index (χ1v) is 7.68. The Morgan fingerprint density at radius 3 is 2.68 bits per heavy atom. The van der Waals surface area contributed by atoms with E-state index >= 15 is 0 Å². The standard InChI is InChI=1S/C17H25N3O2/c1-6-11(2)22-14(21)10-20-13-9-7-8-12(18)15(13)19-16(20)17(3,4)5/h7-9,11H,6,10,18H2,1-5H3. The van der Waals surface area contributed by atoms with Gasteiger partial charge < -0.3 is 15.0 Å². The molecule has 1 atom stereocenters. The number of nitrogens with zero attached hydrogens (tertiary/aromatic N) is 2. The summed E-state index contributed by atoms with van der Waals surface area (Å²) in [4.78, 5) is 16.9. The molecule has 5 nitrogen and oxygen atoms in total. The predicted molar refractivity (Wildman–Crippen MR) is 88.7 cm³/mol. The summed E-state index contributed by atoms with van der Waals surface area (Å²) in [6.45, 7) is 10.2. The number of benzene rings is 1. The van der Waals surface area contributed by atoms with Crippen molar-refractivity contribution in [3.05, 3.63) is 24.0 Å². The van der Waals surface area contributed by atoms with Crippen LogP contribution in [-0.4, -0.2) is 21.6 Å². The van der Waals surface area contributed by atoms with Crippen molar-refractivity contribution in [1.82, 2.24) is 9.55 Å². The van der Waals surface area contributed by atoms with Crippen LogP contribution in [0, 0.1) is 0 Å². The highest BCUT2D eigenvalue weighted by molar-refractivity contribution is 5.88. The molecule has 0 spiro atoms. The third kappa shape index (κ3) is 3.24. The molecule has 0 aliphatic rings. The van der Waals surface area contributed by atoms with Gasteiger partial charge in [-0.25, -0.2) is 4.98 Å². The van der Waals surface area contributed by atoms with Crippen LogP contribution in [0.15, 0.2) is 18.2 Å². The summed E-state index contributed by atoms with van der Waals surface area (Å²) < 4.78 is 7.31. The zero-order valence-corrected chi connectivity index (χ0v) is 14.0. The summed E-state index contributed by atoms with van der Waals surface area (Å²) in [5, 5.41) is 0. The maximum atomic E-state index is 12.2. The van der Waals surface area contributed by atoms with Crippen molar-refractivity contribution >= 4 is 22.7 Å². The number of hydrogen-bond donors (Lipinski definition) is 1. The molecule has 0 bridgehead atoms. The van der Waals surface area contributed by atoms with E-state index in [-0.39, 0.29) is 24.0 Å². The van der Waals surface area contributed by atoms with Crippen molar-refractivity contribution in [3.63, 3.8) is 0 Å². The van der Waals surface area contributed by atoms with E-state index in [1.807, 2.05) is 36.6 Å². The SMILES string of the molecule is CCC(C)OC(=O)Cn1c(C(C)(C)C)nc2c(N)cccc21. The number of carbonyl (C=O) groups excluding carboxylic acids is 1. The van der Waals surface area contributed by atoms with Crippen molar-refractivity contribution in [2.45, 2.75) is 59.1 Å². The highest BCUT2D eigenvalue weighted by atomic mass is 16.5. The lowest BCUT2D eigenvalue weighted by Crippen LogP contribution is -2.24. The Hall–Kier alpha value is -2.04. The molecular weight excluding hydrogens is 278 g/mol. The van der Waals surface area contributed by atoms with Gasteiger partial charge in [0.15, 0.2) is 0 Å². The van der Waals surface area contributed by atoms with Crippen LogP contribution in [0.4, 0.5) is 5.69 Å². The molecule has 0 saturated carbocycles. The molecule has 120 valence electrons. The molecule has 5 heteroatoms. The Balaban J connectivity index is 2.46. The Kier molecular flexibility index (Phi) is 4.44. The number of nitrogen functional groups attached to an aromatic ring is 1. The number of fused-ring (bicyclic) bond motifs is 1. The Labute approximate surface area is 131 Å². The average Bonchev–Trinajstić information content (AvgIpc) is 2.79. The molecule has 1 aromatic carbocycles. The lowest BCUT2D eigenvalue weighted by Gasteiger charge is -2.20. The smallest absolute Gasteiger partial charge is 0.326 e. The number of esters is 1. The minimum absolute atomic E-state index is 0.0783. The van der Waals surface area contributed by atoms with Crippen molar-refractivity contribution in [3.8, 4) is 0 Å². The molecule has 0 fully saturated rings. The molecule has 1 heterocycles. The lowest BCUT2D eigenvalue weighted by atomic mass is 9.95. The molecule has 0 aliphatic heterocycles. The van der Waals surface area contributed by atoms with E-state index in [0.29, 0.717) is 5.69 Å². The van der Waals surface area contributed by atoms with Crippen molar-refractivity contribution < 1.29 is 9.53 Å². The lowest BCUT2D eigenvalue weighted by molar-refractivity contribution is -0.149. The maximum Gasteiger partial charge on any atom is 0.326 e. The van der Waals surface area contributed by atoms with Crippen LogP contribution in [0.3, 0.4) is 0 Å². The van der Waals surface area contributed by atoms with Gasteiger partial charge in [0.05, 0.1) is 17.3 Å². The molecule has 0 aliphatic carbocycles. The largest absolute Gasteiger partial charge is 0.461 e. The fourth-order valence-electron chi connectivity index (χ4n) is 2.38. The van der Waals surface area contributed by atoms with Crippen LogP contribution in [0.25, 0.3) is 11.0 Å². The molecule has 1 aromatic heterocycles. The molecule has 0 amide bonds. The number of aromatic nitrogens is 2. The average molecular weight is 303 g/mol. The van der Waals surface area contributed by atoms with Crippen molar-refractivity contribution in [1.29, 1.82) is 0 Å². The Morgan fingerprint density at radius 1 is 1.41 bits per heavy atom. The van der Waals surface area contributed by atoms with Gasteiger partial charge in [0.1, 0.15) is 17.9 Å². The Morgan fingerprint density at radius 2 is 2.09 bits per heavy atom. The van der Waals surface area contributed by atoms with Gasteiger partial charge in [-0.15, -0.1) is 0 Å². The fraction of sp³-hybridized carbons (Fsp3) is 0.529. The number of anilines is 1. The van der Waals surface area contributed by atoms with E-state index in [2.05, 4.69) is 25.8 Å². The van der Waals surface area contributed by atoms with E-state index < -0.39 is 0 Å². The third-order valence-corrected chi connectivity index (χ3v) is 3.68. The van der Waals surface area contributed by atoms with E-state index in [1.54, 1.807) is 0 Å². The number of nitrogens with two attached hydrogens (primary N) is 1.